The Hall–Kier alpha value is -2.09. The van der Waals surface area contributed by atoms with Gasteiger partial charge in [-0.25, -0.2) is 14.5 Å². The Morgan fingerprint density at radius 2 is 2.07 bits per heavy atom. The Balaban J connectivity index is 1.28. The van der Waals surface area contributed by atoms with Gasteiger partial charge in [-0.1, -0.05) is 17.5 Å². The number of aromatic amines is 1. The zero-order valence-electron chi connectivity index (χ0n) is 20.8. The van der Waals surface area contributed by atoms with Gasteiger partial charge in [0.15, 0.2) is 17.4 Å². The van der Waals surface area contributed by atoms with Crippen LogP contribution in [0.3, 0.4) is 0 Å². The average Bonchev–Trinajstić information content (AvgIpc) is 3.57. The van der Waals surface area contributed by atoms with Crippen LogP contribution >= 0.6 is 25.8 Å². The second kappa shape index (κ2) is 11.2. The predicted molar refractivity (Wildman–Crippen MR) is 144 cm³/mol. The standard InChI is InChI=1S/C19H24N8O10P2S2/c20-19-23-16-13(17(29)24-19)25-26-27(16)18-15-14(28)11(35-18)6-33-38(30,40)36-10-4-9(34-12-1-2-21-7-22-12)3-8(10)5-32-39(31,41)37-15/h1-2,7-11,14-15,18,28H,3-6H2,(H,30,40)(H,31,41)(H3,20,23,24,29)/t8-,9-,10+,11?,14-,15-,18-,38?,39?/m1/s1. The van der Waals surface area contributed by atoms with Gasteiger partial charge < -0.3 is 38.8 Å². The highest BCUT2D eigenvalue weighted by Crippen LogP contribution is 2.58. The summed E-state index contributed by atoms with van der Waals surface area (Å²) < 4.78 is 48.9. The molecule has 5 N–H and O–H groups in total. The van der Waals surface area contributed by atoms with E-state index in [-0.39, 0.29) is 23.7 Å². The summed E-state index contributed by atoms with van der Waals surface area (Å²) >= 11 is 9.36. The van der Waals surface area contributed by atoms with Gasteiger partial charge >= 0.3 is 13.5 Å². The molecule has 3 unspecified atom stereocenters. The van der Waals surface area contributed by atoms with Gasteiger partial charge in [-0.15, -0.1) is 5.10 Å². The number of H-pyrrole nitrogens is 1. The number of thiol groups is 1. The molecule has 3 fully saturated rings. The largest absolute Gasteiger partial charge is 0.474 e. The zero-order valence-corrected chi connectivity index (χ0v) is 24.3. The minimum absolute atomic E-state index is 0.0891. The number of aromatic nitrogens is 7. The van der Waals surface area contributed by atoms with Crippen LogP contribution in [0.15, 0.2) is 23.4 Å². The number of fused-ring (bicyclic) bond motifs is 4. The second-order valence-electron chi connectivity index (χ2n) is 9.47. The van der Waals surface area contributed by atoms with Gasteiger partial charge in [0.1, 0.15) is 30.7 Å². The molecular formula is C19H24N8O10P2S2. The van der Waals surface area contributed by atoms with Crippen molar-refractivity contribution in [1.29, 1.82) is 0 Å². The average molecular weight is 651 g/mol. The van der Waals surface area contributed by atoms with E-state index in [9.17, 15) is 19.4 Å². The molecule has 22 heteroatoms. The number of hydrogen-bond donors (Lipinski definition) is 5. The van der Waals surface area contributed by atoms with Crippen LogP contribution in [0.1, 0.15) is 19.1 Å². The fourth-order valence-electron chi connectivity index (χ4n) is 4.90. The minimum atomic E-state index is -4.18. The molecule has 9 atom stereocenters. The van der Waals surface area contributed by atoms with E-state index in [0.717, 1.165) is 4.68 Å². The van der Waals surface area contributed by atoms with E-state index < -0.39 is 68.3 Å². The predicted octanol–water partition coefficient (Wildman–Crippen LogP) is 0.0746. The summed E-state index contributed by atoms with van der Waals surface area (Å²) in [6, 6.07) is 1.59. The van der Waals surface area contributed by atoms with Crippen molar-refractivity contribution in [2.45, 2.75) is 49.6 Å². The molecule has 0 spiro atoms. The Morgan fingerprint density at radius 1 is 1.24 bits per heavy atom. The Bertz CT molecular complexity index is 1580. The van der Waals surface area contributed by atoms with E-state index in [1.165, 1.54) is 12.5 Å². The highest BCUT2D eigenvalue weighted by Gasteiger charge is 2.51. The molecule has 0 radical (unpaired) electrons. The van der Waals surface area contributed by atoms with E-state index in [1.54, 1.807) is 6.07 Å². The molecule has 2 bridgehead atoms. The Kier molecular flexibility index (Phi) is 7.92. The van der Waals surface area contributed by atoms with E-state index in [0.29, 0.717) is 18.7 Å². The monoisotopic (exact) mass is 650 g/mol. The van der Waals surface area contributed by atoms with Crippen LogP contribution in [0.5, 0.6) is 5.88 Å². The van der Waals surface area contributed by atoms with Crippen LogP contribution in [0.4, 0.5) is 5.95 Å². The lowest BCUT2D eigenvalue weighted by Gasteiger charge is -2.26. The number of aliphatic hydroxyl groups excluding tert-OH is 1. The molecule has 3 aliphatic rings. The van der Waals surface area contributed by atoms with Crippen LogP contribution in [-0.2, 0) is 39.2 Å². The van der Waals surface area contributed by atoms with Gasteiger partial charge in [0.25, 0.3) is 5.56 Å². The lowest BCUT2D eigenvalue weighted by molar-refractivity contribution is -0.0561. The van der Waals surface area contributed by atoms with E-state index in [4.69, 9.17) is 45.1 Å². The molecule has 1 aliphatic carbocycles. The molecule has 3 aromatic rings. The third-order valence-corrected chi connectivity index (χ3v) is 9.91. The first-order valence-electron chi connectivity index (χ1n) is 12.2. The van der Waals surface area contributed by atoms with Gasteiger partial charge in [0.05, 0.1) is 19.3 Å². The van der Waals surface area contributed by atoms with E-state index in [1.807, 2.05) is 0 Å². The summed E-state index contributed by atoms with van der Waals surface area (Å²) in [4.78, 5) is 37.4. The van der Waals surface area contributed by atoms with Crippen molar-refractivity contribution in [3.63, 3.8) is 0 Å². The van der Waals surface area contributed by atoms with Gasteiger partial charge in [0.2, 0.25) is 11.8 Å². The summed E-state index contributed by atoms with van der Waals surface area (Å²) in [5, 5.41) is 18.8. The fraction of sp³-hybridized carbons (Fsp3) is 0.579. The fourth-order valence-corrected chi connectivity index (χ4v) is 7.91. The van der Waals surface area contributed by atoms with Crippen LogP contribution < -0.4 is 16.0 Å². The maximum Gasteiger partial charge on any atom is 0.386 e. The number of rotatable bonds is 3. The molecule has 2 aliphatic heterocycles. The highest BCUT2D eigenvalue weighted by atomic mass is 32.7. The first-order chi connectivity index (χ1) is 19.5. The first kappa shape index (κ1) is 29.0. The number of nitrogen functional groups attached to an aromatic ring is 1. The van der Waals surface area contributed by atoms with Crippen molar-refractivity contribution in [2.24, 2.45) is 5.92 Å². The highest BCUT2D eigenvalue weighted by molar-refractivity contribution is 8.44. The number of nitrogens with two attached hydrogens (primary N) is 1. The summed E-state index contributed by atoms with van der Waals surface area (Å²) in [7, 11) is 0. The maximum absolute atomic E-state index is 13.4. The number of aliphatic hydroxyl groups is 1. The molecule has 0 aromatic carbocycles. The number of ether oxygens (including phenoxy) is 2. The molecule has 3 aromatic heterocycles. The molecule has 41 heavy (non-hydrogen) atoms. The minimum Gasteiger partial charge on any atom is -0.474 e. The molecule has 2 saturated heterocycles. The Labute approximate surface area is 240 Å². The Morgan fingerprint density at radius 3 is 2.85 bits per heavy atom. The van der Waals surface area contributed by atoms with Gasteiger partial charge in [-0.2, -0.15) is 9.67 Å². The molecule has 5 heterocycles. The van der Waals surface area contributed by atoms with Gasteiger partial charge in [-0.05, 0) is 18.2 Å². The molecule has 222 valence electrons. The normalized spacial score (nSPS) is 38.1. The smallest absolute Gasteiger partial charge is 0.386 e. The third-order valence-electron chi connectivity index (χ3n) is 6.71. The summed E-state index contributed by atoms with van der Waals surface area (Å²) in [5.41, 5.74) is 4.76. The third kappa shape index (κ3) is 6.18. The summed E-state index contributed by atoms with van der Waals surface area (Å²) in [5.74, 6) is -0.342. The van der Waals surface area contributed by atoms with Crippen molar-refractivity contribution in [3.8, 4) is 5.88 Å². The summed E-state index contributed by atoms with van der Waals surface area (Å²) in [6.45, 7) is -8.70. The number of nitrogens with one attached hydrogen (secondary N) is 1. The van der Waals surface area contributed by atoms with Gasteiger partial charge in [0, 0.05) is 24.6 Å². The van der Waals surface area contributed by atoms with E-state index >= 15 is 0 Å². The second-order valence-corrected chi connectivity index (χ2v) is 15.1. The molecule has 6 rings (SSSR count). The van der Waals surface area contributed by atoms with Gasteiger partial charge in [-0.3, -0.25) is 14.3 Å². The summed E-state index contributed by atoms with van der Waals surface area (Å²) in [6.07, 6.45) is -3.03. The lowest BCUT2D eigenvalue weighted by Crippen LogP contribution is -2.35. The van der Waals surface area contributed by atoms with Crippen molar-refractivity contribution in [1.82, 2.24) is 34.9 Å². The van der Waals surface area contributed by atoms with Crippen molar-refractivity contribution in [3.05, 3.63) is 28.9 Å². The molecular weight excluding hydrogens is 626 g/mol. The van der Waals surface area contributed by atoms with Crippen molar-refractivity contribution >= 4 is 54.7 Å². The number of hydrogen-bond acceptors (Lipinski definition) is 16. The van der Waals surface area contributed by atoms with Crippen LogP contribution in [0.25, 0.3) is 11.2 Å². The van der Waals surface area contributed by atoms with Crippen molar-refractivity contribution < 1.29 is 42.1 Å². The maximum atomic E-state index is 13.4. The molecule has 0 amide bonds. The molecule has 18 nitrogen and oxygen atoms in total. The van der Waals surface area contributed by atoms with Crippen molar-refractivity contribution in [2.75, 3.05) is 18.9 Å². The zero-order chi connectivity index (χ0) is 28.9. The lowest BCUT2D eigenvalue weighted by atomic mass is 10.1. The quantitative estimate of drug-likeness (QED) is 0.186. The van der Waals surface area contributed by atoms with E-state index in [2.05, 4.69) is 42.5 Å². The molecule has 1 saturated carbocycles. The SMILES string of the molecule is Nc1nc2c(nnn2[C@@H]2OC3COP(O)(=S)O[C@H]4C[C@H](Oc5ccncn5)C[C@@H]4COP(=O)(S)O[C@@H]2[C@@H]3O)c(=O)[nH]1. The van der Waals surface area contributed by atoms with Crippen LogP contribution in [0.2, 0.25) is 0 Å². The number of anilines is 1. The number of nitrogens with zero attached hydrogens (tertiary/aromatic N) is 6. The first-order valence-corrected chi connectivity index (χ1v) is 17.4. The van der Waals surface area contributed by atoms with Crippen LogP contribution in [-0.4, -0.2) is 88.7 Å². The topological polar surface area (TPSA) is 241 Å². The van der Waals surface area contributed by atoms with Crippen LogP contribution in [0, 0.1) is 5.92 Å².